The molecule has 0 fully saturated rings. The maximum atomic E-state index is 12.8. The molecule has 0 radical (unpaired) electrons. The molecule has 0 aliphatic heterocycles. The van der Waals surface area contributed by atoms with Gasteiger partial charge in [-0.05, 0) is 17.7 Å². The van der Waals surface area contributed by atoms with E-state index in [0.717, 1.165) is 12.1 Å². The van der Waals surface area contributed by atoms with Crippen LogP contribution in [-0.2, 0) is 0 Å². The van der Waals surface area contributed by atoms with Crippen molar-refractivity contribution >= 4 is 12.4 Å². The van der Waals surface area contributed by atoms with Gasteiger partial charge in [-0.2, -0.15) is 13.2 Å². The summed E-state index contributed by atoms with van der Waals surface area (Å²) in [5.41, 5.74) is 4.65. The van der Waals surface area contributed by atoms with E-state index in [1.54, 1.807) is 0 Å². The predicted molar refractivity (Wildman–Crippen MR) is 57.2 cm³/mol. The van der Waals surface area contributed by atoms with E-state index in [4.69, 9.17) is 5.73 Å². The van der Waals surface area contributed by atoms with Gasteiger partial charge in [0.15, 0.2) is 11.6 Å². The van der Waals surface area contributed by atoms with Crippen molar-refractivity contribution in [3.8, 4) is 0 Å². The molecule has 3 N–H and O–H groups in total. The Bertz CT molecular complexity index is 398. The first-order valence-electron chi connectivity index (χ1n) is 4.67. The first kappa shape index (κ1) is 17.1. The number of benzene rings is 1. The molecule has 0 aliphatic rings. The minimum absolute atomic E-state index is 0. The molecule has 8 heteroatoms. The van der Waals surface area contributed by atoms with E-state index in [9.17, 15) is 27.1 Å². The van der Waals surface area contributed by atoms with Crippen molar-refractivity contribution in [3.05, 3.63) is 35.4 Å². The van der Waals surface area contributed by atoms with Gasteiger partial charge in [-0.1, -0.05) is 6.07 Å². The first-order chi connectivity index (χ1) is 7.71. The molecule has 18 heavy (non-hydrogen) atoms. The normalized spacial score (nSPS) is 14.8. The summed E-state index contributed by atoms with van der Waals surface area (Å²) in [6, 6.07) is 0.160. The second kappa shape index (κ2) is 6.31. The van der Waals surface area contributed by atoms with E-state index >= 15 is 0 Å². The molecule has 1 rings (SSSR count). The van der Waals surface area contributed by atoms with E-state index in [-0.39, 0.29) is 18.0 Å². The van der Waals surface area contributed by atoms with E-state index in [0.29, 0.717) is 6.07 Å². The van der Waals surface area contributed by atoms with Crippen LogP contribution in [0.15, 0.2) is 18.2 Å². The van der Waals surface area contributed by atoms with Crippen LogP contribution in [0.2, 0.25) is 0 Å². The molecule has 0 spiro atoms. The Labute approximate surface area is 106 Å². The highest BCUT2D eigenvalue weighted by molar-refractivity contribution is 5.85. The molecule has 0 heterocycles. The molecule has 2 atom stereocenters. The predicted octanol–water partition coefficient (Wildman–Crippen LogP) is 2.70. The van der Waals surface area contributed by atoms with Gasteiger partial charge in [0.1, 0.15) is 6.04 Å². The zero-order valence-electron chi connectivity index (χ0n) is 8.92. The molecule has 0 bridgehead atoms. The number of aliphatic hydroxyl groups is 1. The second-order valence-electron chi connectivity index (χ2n) is 3.57. The molecule has 0 amide bonds. The van der Waals surface area contributed by atoms with Crippen LogP contribution in [-0.4, -0.2) is 17.3 Å². The summed E-state index contributed by atoms with van der Waals surface area (Å²) in [7, 11) is 0. The van der Waals surface area contributed by atoms with Crippen LogP contribution < -0.4 is 5.73 Å². The van der Waals surface area contributed by atoms with Gasteiger partial charge >= 0.3 is 6.18 Å². The van der Waals surface area contributed by atoms with Gasteiger partial charge < -0.3 is 10.8 Å². The van der Waals surface area contributed by atoms with Gasteiger partial charge in [0.2, 0.25) is 0 Å². The third kappa shape index (κ3) is 4.40. The number of halogens is 6. The average Bonchev–Trinajstić information content (AvgIpc) is 2.20. The topological polar surface area (TPSA) is 46.2 Å². The fourth-order valence-corrected chi connectivity index (χ4v) is 1.23. The summed E-state index contributed by atoms with van der Waals surface area (Å²) in [6.07, 6.45) is -7.05. The fourth-order valence-electron chi connectivity index (χ4n) is 1.23. The Morgan fingerprint density at radius 1 is 1.17 bits per heavy atom. The van der Waals surface area contributed by atoms with Gasteiger partial charge in [0.25, 0.3) is 0 Å². The molecule has 0 aromatic heterocycles. The smallest absolute Gasteiger partial charge is 0.388 e. The zero-order chi connectivity index (χ0) is 13.2. The van der Waals surface area contributed by atoms with Gasteiger partial charge in [-0.15, -0.1) is 12.4 Å². The van der Waals surface area contributed by atoms with E-state index < -0.39 is 36.4 Å². The van der Waals surface area contributed by atoms with E-state index in [2.05, 4.69) is 0 Å². The molecule has 0 aliphatic carbocycles. The lowest BCUT2D eigenvalue weighted by molar-refractivity contribution is -0.153. The zero-order valence-corrected chi connectivity index (χ0v) is 9.73. The van der Waals surface area contributed by atoms with Crippen LogP contribution in [0.5, 0.6) is 0 Å². The lowest BCUT2D eigenvalue weighted by Crippen LogP contribution is -2.38. The third-order valence-corrected chi connectivity index (χ3v) is 2.23. The number of aliphatic hydroxyl groups excluding tert-OH is 1. The summed E-state index contributed by atoms with van der Waals surface area (Å²) >= 11 is 0. The van der Waals surface area contributed by atoms with Crippen molar-refractivity contribution in [2.45, 2.75) is 24.7 Å². The van der Waals surface area contributed by atoms with Crippen LogP contribution in [0.1, 0.15) is 18.1 Å². The van der Waals surface area contributed by atoms with E-state index in [1.165, 1.54) is 0 Å². The standard InChI is InChI=1S/C10H10F5NO.ClH/c11-6-2-1-5(3-7(6)12)8(17)4-9(16)10(13,14)15;/h1-3,8-9,17H,4,16H2;1H/t8-,9+;/m1./s1. The minimum atomic E-state index is -4.64. The molecular weight excluding hydrogens is 281 g/mol. The molecule has 0 saturated heterocycles. The molecule has 1 aromatic carbocycles. The molecule has 0 saturated carbocycles. The molecule has 2 nitrogen and oxygen atoms in total. The summed E-state index contributed by atoms with van der Waals surface area (Å²) in [5.74, 6) is -2.37. The number of nitrogens with two attached hydrogens (primary N) is 1. The number of hydrogen-bond acceptors (Lipinski definition) is 2. The van der Waals surface area contributed by atoms with Crippen molar-refractivity contribution < 1.29 is 27.1 Å². The Hall–Kier alpha value is -0.920. The van der Waals surface area contributed by atoms with E-state index in [1.807, 2.05) is 0 Å². The van der Waals surface area contributed by atoms with Gasteiger partial charge in [0, 0.05) is 6.42 Å². The second-order valence-corrected chi connectivity index (χ2v) is 3.57. The quantitative estimate of drug-likeness (QED) is 0.841. The van der Waals surface area contributed by atoms with Crippen molar-refractivity contribution in [1.82, 2.24) is 0 Å². The lowest BCUT2D eigenvalue weighted by Gasteiger charge is -2.19. The Morgan fingerprint density at radius 2 is 1.72 bits per heavy atom. The molecular formula is C10H11ClF5NO. The molecule has 1 aromatic rings. The summed E-state index contributed by atoms with van der Waals surface area (Å²) in [5, 5.41) is 9.40. The highest BCUT2D eigenvalue weighted by Crippen LogP contribution is 2.27. The Balaban J connectivity index is 0.00000289. The highest BCUT2D eigenvalue weighted by atomic mass is 35.5. The Kier molecular flexibility index (Phi) is 5.98. The van der Waals surface area contributed by atoms with Crippen molar-refractivity contribution in [1.29, 1.82) is 0 Å². The maximum Gasteiger partial charge on any atom is 0.403 e. The Morgan fingerprint density at radius 3 is 2.17 bits per heavy atom. The van der Waals surface area contributed by atoms with Crippen LogP contribution in [0.3, 0.4) is 0 Å². The SMILES string of the molecule is Cl.N[C@@H](C[C@@H](O)c1ccc(F)c(F)c1)C(F)(F)F. The number of hydrogen-bond donors (Lipinski definition) is 2. The minimum Gasteiger partial charge on any atom is -0.388 e. The number of alkyl halides is 3. The van der Waals surface area contributed by atoms with Crippen molar-refractivity contribution in [3.63, 3.8) is 0 Å². The van der Waals surface area contributed by atoms with Crippen molar-refractivity contribution in [2.24, 2.45) is 5.73 Å². The van der Waals surface area contributed by atoms with Crippen LogP contribution in [0.4, 0.5) is 22.0 Å². The summed E-state index contributed by atoms with van der Waals surface area (Å²) in [6.45, 7) is 0. The van der Waals surface area contributed by atoms with Gasteiger partial charge in [0.05, 0.1) is 6.10 Å². The monoisotopic (exact) mass is 291 g/mol. The van der Waals surface area contributed by atoms with Crippen LogP contribution in [0, 0.1) is 11.6 Å². The lowest BCUT2D eigenvalue weighted by atomic mass is 10.0. The van der Waals surface area contributed by atoms with Crippen LogP contribution in [0.25, 0.3) is 0 Å². The largest absolute Gasteiger partial charge is 0.403 e. The van der Waals surface area contributed by atoms with Crippen LogP contribution >= 0.6 is 12.4 Å². The third-order valence-electron chi connectivity index (χ3n) is 2.23. The van der Waals surface area contributed by atoms with Gasteiger partial charge in [-0.3, -0.25) is 0 Å². The average molecular weight is 292 g/mol. The molecule has 0 unspecified atom stereocenters. The van der Waals surface area contributed by atoms with Gasteiger partial charge in [-0.25, -0.2) is 8.78 Å². The fraction of sp³-hybridized carbons (Fsp3) is 0.400. The summed E-state index contributed by atoms with van der Waals surface area (Å²) in [4.78, 5) is 0. The first-order valence-corrected chi connectivity index (χ1v) is 4.67. The molecule has 104 valence electrons. The summed E-state index contributed by atoms with van der Waals surface area (Å²) < 4.78 is 61.6. The maximum absolute atomic E-state index is 12.8. The highest BCUT2D eigenvalue weighted by Gasteiger charge is 2.38. The number of rotatable bonds is 3. The van der Waals surface area contributed by atoms with Crippen molar-refractivity contribution in [2.75, 3.05) is 0 Å².